The fraction of sp³-hybridized carbons (Fsp3) is 0.143. The number of nitrogens with two attached hydrogens (primary N) is 1. The summed E-state index contributed by atoms with van der Waals surface area (Å²) in [5.74, 6) is 0.213. The maximum Gasteiger partial charge on any atom is 0.279 e. The van der Waals surface area contributed by atoms with Gasteiger partial charge in [-0.05, 0) is 11.6 Å². The molecule has 2 aromatic rings. The van der Waals surface area contributed by atoms with Gasteiger partial charge in [0.1, 0.15) is 5.84 Å². The van der Waals surface area contributed by atoms with Gasteiger partial charge in [-0.1, -0.05) is 30.3 Å². The van der Waals surface area contributed by atoms with E-state index in [9.17, 15) is 4.79 Å². The van der Waals surface area contributed by atoms with Crippen molar-refractivity contribution < 1.29 is 4.79 Å². The molecule has 1 aromatic heterocycles. The molecule has 3 rings (SSSR count). The van der Waals surface area contributed by atoms with Gasteiger partial charge in [-0.3, -0.25) is 4.79 Å². The lowest BCUT2D eigenvalue weighted by Crippen LogP contribution is -2.21. The third kappa shape index (κ3) is 2.07. The Morgan fingerprint density at radius 3 is 2.83 bits per heavy atom. The van der Waals surface area contributed by atoms with E-state index in [1.165, 1.54) is 10.4 Å². The highest BCUT2D eigenvalue weighted by Crippen LogP contribution is 2.28. The predicted molar refractivity (Wildman–Crippen MR) is 73.2 cm³/mol. The fourth-order valence-corrected chi connectivity index (χ4v) is 3.28. The Morgan fingerprint density at radius 1 is 1.28 bits per heavy atom. The van der Waals surface area contributed by atoms with E-state index in [0.29, 0.717) is 12.3 Å². The van der Waals surface area contributed by atoms with Crippen LogP contribution in [0.1, 0.15) is 25.7 Å². The Morgan fingerprint density at radius 2 is 2.06 bits per heavy atom. The van der Waals surface area contributed by atoms with Crippen LogP contribution in [0.4, 0.5) is 0 Å². The number of fused-ring (bicyclic) bond motifs is 1. The van der Waals surface area contributed by atoms with Gasteiger partial charge in [0, 0.05) is 22.6 Å². The lowest BCUT2D eigenvalue weighted by Gasteiger charge is -2.05. The molecule has 0 radical (unpaired) electrons. The van der Waals surface area contributed by atoms with E-state index >= 15 is 0 Å². The van der Waals surface area contributed by atoms with Crippen LogP contribution in [-0.2, 0) is 12.8 Å². The lowest BCUT2D eigenvalue weighted by molar-refractivity contribution is 0.100. The van der Waals surface area contributed by atoms with Gasteiger partial charge in [-0.2, -0.15) is 4.99 Å². The standard InChI is InChI=1S/C14H12N2OS/c15-13-8-12-11(14(17)16-13)7-10(18-12)6-9-4-2-1-3-5-9/h1-5,7H,6,8H2,(H2,15,16,17). The summed E-state index contributed by atoms with van der Waals surface area (Å²) in [6.07, 6.45) is 1.45. The van der Waals surface area contributed by atoms with E-state index in [4.69, 9.17) is 5.73 Å². The number of carbonyl (C=O) groups excluding carboxylic acids is 1. The molecule has 0 bridgehead atoms. The van der Waals surface area contributed by atoms with E-state index < -0.39 is 0 Å². The number of thiophene rings is 1. The molecule has 4 heteroatoms. The summed E-state index contributed by atoms with van der Waals surface area (Å²) < 4.78 is 0. The minimum Gasteiger partial charge on any atom is -0.387 e. The van der Waals surface area contributed by atoms with Crippen molar-refractivity contribution in [3.8, 4) is 0 Å². The molecule has 0 saturated carbocycles. The van der Waals surface area contributed by atoms with E-state index in [1.54, 1.807) is 11.3 Å². The first-order chi connectivity index (χ1) is 8.72. The first-order valence-corrected chi connectivity index (χ1v) is 6.57. The van der Waals surface area contributed by atoms with Crippen LogP contribution in [0.2, 0.25) is 0 Å². The number of rotatable bonds is 2. The van der Waals surface area contributed by atoms with E-state index in [1.807, 2.05) is 24.3 Å². The molecule has 0 fully saturated rings. The summed E-state index contributed by atoms with van der Waals surface area (Å²) in [6.45, 7) is 0. The minimum atomic E-state index is -0.204. The highest BCUT2D eigenvalue weighted by molar-refractivity contribution is 7.12. The molecular weight excluding hydrogens is 244 g/mol. The minimum absolute atomic E-state index is 0.204. The van der Waals surface area contributed by atoms with Crippen molar-refractivity contribution in [1.82, 2.24) is 0 Å². The monoisotopic (exact) mass is 256 g/mol. The summed E-state index contributed by atoms with van der Waals surface area (Å²) in [5.41, 5.74) is 7.61. The van der Waals surface area contributed by atoms with Crippen LogP contribution in [0.15, 0.2) is 41.4 Å². The van der Waals surface area contributed by atoms with E-state index in [-0.39, 0.29) is 5.91 Å². The Labute approximate surface area is 109 Å². The number of carbonyl (C=O) groups is 1. The first kappa shape index (κ1) is 11.2. The normalized spacial score (nSPS) is 14.2. The van der Waals surface area contributed by atoms with Crippen LogP contribution < -0.4 is 5.73 Å². The van der Waals surface area contributed by atoms with Gasteiger partial charge in [0.2, 0.25) is 0 Å². The van der Waals surface area contributed by atoms with Crippen molar-refractivity contribution in [1.29, 1.82) is 0 Å². The molecule has 1 aliphatic rings. The SMILES string of the molecule is NC1=NC(=O)c2cc(Cc3ccccc3)sc2C1. The number of amides is 1. The zero-order valence-corrected chi connectivity index (χ0v) is 10.5. The Bertz CT molecular complexity index is 628. The van der Waals surface area contributed by atoms with Crippen LogP contribution in [0.5, 0.6) is 0 Å². The van der Waals surface area contributed by atoms with Crippen LogP contribution in [0.3, 0.4) is 0 Å². The average Bonchev–Trinajstić information content (AvgIpc) is 2.73. The molecule has 0 unspecified atom stereocenters. The lowest BCUT2D eigenvalue weighted by atomic mass is 10.1. The number of benzene rings is 1. The quantitative estimate of drug-likeness (QED) is 0.897. The highest BCUT2D eigenvalue weighted by Gasteiger charge is 2.21. The Hall–Kier alpha value is -1.94. The van der Waals surface area contributed by atoms with Gasteiger partial charge in [0.05, 0.1) is 5.56 Å². The predicted octanol–water partition coefficient (Wildman–Crippen LogP) is 2.39. The molecule has 2 heterocycles. The average molecular weight is 256 g/mol. The second-order valence-corrected chi connectivity index (χ2v) is 5.52. The van der Waals surface area contributed by atoms with Crippen molar-refractivity contribution >= 4 is 23.1 Å². The smallest absolute Gasteiger partial charge is 0.279 e. The third-order valence-corrected chi connectivity index (χ3v) is 4.03. The number of nitrogens with zero attached hydrogens (tertiary/aromatic N) is 1. The van der Waals surface area contributed by atoms with E-state index in [0.717, 1.165) is 16.9 Å². The molecule has 90 valence electrons. The first-order valence-electron chi connectivity index (χ1n) is 5.75. The number of amidine groups is 1. The zero-order valence-electron chi connectivity index (χ0n) is 9.72. The van der Waals surface area contributed by atoms with Gasteiger partial charge in [-0.15, -0.1) is 11.3 Å². The second kappa shape index (κ2) is 4.38. The van der Waals surface area contributed by atoms with Crippen molar-refractivity contribution in [2.75, 3.05) is 0 Å². The Kier molecular flexibility index (Phi) is 2.72. The molecular formula is C14H12N2OS. The van der Waals surface area contributed by atoms with Crippen LogP contribution in [0.25, 0.3) is 0 Å². The molecule has 0 atom stereocenters. The van der Waals surface area contributed by atoms with Gasteiger partial charge in [0.15, 0.2) is 0 Å². The molecule has 2 N–H and O–H groups in total. The summed E-state index contributed by atoms with van der Waals surface area (Å²) >= 11 is 1.66. The van der Waals surface area contributed by atoms with Gasteiger partial charge < -0.3 is 5.73 Å². The maximum atomic E-state index is 11.7. The Balaban J connectivity index is 1.89. The summed E-state index contributed by atoms with van der Waals surface area (Å²) in [5, 5.41) is 0. The fourth-order valence-electron chi connectivity index (χ4n) is 2.08. The summed E-state index contributed by atoms with van der Waals surface area (Å²) in [6, 6.07) is 12.2. The van der Waals surface area contributed by atoms with Crippen molar-refractivity contribution in [2.45, 2.75) is 12.8 Å². The molecule has 1 amide bonds. The zero-order chi connectivity index (χ0) is 12.5. The topological polar surface area (TPSA) is 55.4 Å². The number of aliphatic imine (C=N–C) groups is 1. The van der Waals surface area contributed by atoms with Crippen LogP contribution in [-0.4, -0.2) is 11.7 Å². The van der Waals surface area contributed by atoms with Gasteiger partial charge >= 0.3 is 0 Å². The maximum absolute atomic E-state index is 11.7. The van der Waals surface area contributed by atoms with Crippen molar-refractivity contribution in [3.63, 3.8) is 0 Å². The molecule has 18 heavy (non-hydrogen) atoms. The molecule has 0 spiro atoms. The second-order valence-electron chi connectivity index (χ2n) is 4.30. The third-order valence-electron chi connectivity index (χ3n) is 2.90. The molecule has 1 aromatic carbocycles. The van der Waals surface area contributed by atoms with Crippen LogP contribution in [0, 0.1) is 0 Å². The molecule has 0 saturated heterocycles. The van der Waals surface area contributed by atoms with Crippen molar-refractivity contribution in [2.24, 2.45) is 10.7 Å². The van der Waals surface area contributed by atoms with Gasteiger partial charge in [0.25, 0.3) is 5.91 Å². The van der Waals surface area contributed by atoms with Gasteiger partial charge in [-0.25, -0.2) is 0 Å². The summed E-state index contributed by atoms with van der Waals surface area (Å²) in [7, 11) is 0. The molecule has 3 nitrogen and oxygen atoms in total. The molecule has 0 aliphatic carbocycles. The highest BCUT2D eigenvalue weighted by atomic mass is 32.1. The largest absolute Gasteiger partial charge is 0.387 e. The van der Waals surface area contributed by atoms with Crippen LogP contribution >= 0.6 is 11.3 Å². The number of hydrogen-bond donors (Lipinski definition) is 1. The van der Waals surface area contributed by atoms with Crippen molar-refractivity contribution in [3.05, 3.63) is 57.3 Å². The van der Waals surface area contributed by atoms with E-state index in [2.05, 4.69) is 17.1 Å². The summed E-state index contributed by atoms with van der Waals surface area (Å²) in [4.78, 5) is 17.7. The molecule has 1 aliphatic heterocycles. The number of hydrogen-bond acceptors (Lipinski definition) is 3.